The van der Waals surface area contributed by atoms with Crippen LogP contribution in [0.15, 0.2) is 35.9 Å². The van der Waals surface area contributed by atoms with E-state index in [0.717, 1.165) is 0 Å². The molecule has 0 saturated heterocycles. The molecule has 2 aliphatic rings. The summed E-state index contributed by atoms with van der Waals surface area (Å²) >= 11 is 0. The Morgan fingerprint density at radius 3 is 2.73 bits per heavy atom. The number of hydrogen-bond donors (Lipinski definition) is 1. The van der Waals surface area contributed by atoms with Crippen molar-refractivity contribution in [2.24, 2.45) is 5.92 Å². The molecule has 22 heavy (non-hydrogen) atoms. The second-order valence-electron chi connectivity index (χ2n) is 5.70. The molecule has 2 aliphatic carbocycles. The van der Waals surface area contributed by atoms with Gasteiger partial charge in [0.2, 0.25) is 0 Å². The second kappa shape index (κ2) is 5.14. The lowest BCUT2D eigenvalue weighted by molar-refractivity contribution is -0.385. The van der Waals surface area contributed by atoms with Crippen LogP contribution in [-0.2, 0) is 15.0 Å². The van der Waals surface area contributed by atoms with E-state index in [-0.39, 0.29) is 42.3 Å². The van der Waals surface area contributed by atoms with Crippen molar-refractivity contribution in [3.63, 3.8) is 0 Å². The van der Waals surface area contributed by atoms with E-state index in [1.165, 1.54) is 18.2 Å². The maximum absolute atomic E-state index is 12.9. The number of aliphatic hydroxyl groups is 1. The van der Waals surface area contributed by atoms with Crippen molar-refractivity contribution >= 4 is 17.3 Å². The highest BCUT2D eigenvalue weighted by molar-refractivity contribution is 6.17. The fraction of sp³-hybridized carbons (Fsp3) is 0.375. The van der Waals surface area contributed by atoms with E-state index in [2.05, 4.69) is 0 Å². The number of nitro groups is 1. The third kappa shape index (κ3) is 1.84. The van der Waals surface area contributed by atoms with Crippen molar-refractivity contribution in [1.82, 2.24) is 0 Å². The summed E-state index contributed by atoms with van der Waals surface area (Å²) in [4.78, 5) is 36.2. The molecule has 114 valence electrons. The average molecular weight is 301 g/mol. The van der Waals surface area contributed by atoms with Crippen molar-refractivity contribution in [1.29, 1.82) is 0 Å². The molecule has 2 bridgehead atoms. The Bertz CT molecular complexity index is 708. The number of carbonyl (C=O) groups excluding carboxylic acids is 2. The molecule has 6 heteroatoms. The molecule has 0 amide bonds. The Hall–Kier alpha value is -2.34. The molecular weight excluding hydrogens is 286 g/mol. The zero-order chi connectivity index (χ0) is 15.9. The Balaban J connectivity index is 2.23. The molecule has 0 aliphatic heterocycles. The van der Waals surface area contributed by atoms with Crippen LogP contribution in [0, 0.1) is 16.0 Å². The highest BCUT2D eigenvalue weighted by Crippen LogP contribution is 2.47. The molecule has 1 aromatic rings. The predicted octanol–water partition coefficient (Wildman–Crippen LogP) is 1.70. The Labute approximate surface area is 126 Å². The van der Waals surface area contributed by atoms with Crippen molar-refractivity contribution in [3.8, 4) is 0 Å². The predicted molar refractivity (Wildman–Crippen MR) is 77.3 cm³/mol. The van der Waals surface area contributed by atoms with Gasteiger partial charge in [-0.1, -0.05) is 24.3 Å². The normalized spacial score (nSPS) is 27.5. The number of carbonyl (C=O) groups is 2. The highest BCUT2D eigenvalue weighted by atomic mass is 16.6. The van der Waals surface area contributed by atoms with E-state index >= 15 is 0 Å². The topological polar surface area (TPSA) is 97.5 Å². The summed E-state index contributed by atoms with van der Waals surface area (Å²) in [5, 5.41) is 20.7. The van der Waals surface area contributed by atoms with Crippen molar-refractivity contribution in [2.75, 3.05) is 6.61 Å². The molecule has 1 fully saturated rings. The van der Waals surface area contributed by atoms with Gasteiger partial charge in [-0.2, -0.15) is 0 Å². The lowest BCUT2D eigenvalue weighted by Crippen LogP contribution is -2.53. The summed E-state index contributed by atoms with van der Waals surface area (Å²) in [5.74, 6) is -1.10. The fourth-order valence-electron chi connectivity index (χ4n) is 3.61. The summed E-state index contributed by atoms with van der Waals surface area (Å²) in [6.07, 6.45) is 2.34. The van der Waals surface area contributed by atoms with Gasteiger partial charge in [0.05, 0.1) is 17.1 Å². The Morgan fingerprint density at radius 2 is 2.05 bits per heavy atom. The van der Waals surface area contributed by atoms with Crippen LogP contribution in [0.2, 0.25) is 0 Å². The largest absolute Gasteiger partial charge is 0.392 e. The molecule has 3 rings (SSSR count). The average Bonchev–Trinajstić information content (AvgIpc) is 2.51. The molecule has 0 aromatic heterocycles. The first kappa shape index (κ1) is 14.6. The Morgan fingerprint density at radius 1 is 1.32 bits per heavy atom. The first-order valence-electron chi connectivity index (χ1n) is 7.13. The van der Waals surface area contributed by atoms with Crippen LogP contribution in [0.5, 0.6) is 0 Å². The first-order chi connectivity index (χ1) is 10.5. The number of hydrogen-bond acceptors (Lipinski definition) is 5. The van der Waals surface area contributed by atoms with E-state index in [1.807, 2.05) is 0 Å². The molecule has 0 spiro atoms. The standard InChI is InChI=1S/C16H15NO5/c18-9-10-7-8-16(14(19)6-5-11(10)15(16)20)12-3-1-2-4-13(12)17(21)22/h1-4,7,11,18H,5-6,8-9H2/t11-,16+/m1/s1. The van der Waals surface area contributed by atoms with E-state index < -0.39 is 16.3 Å². The quantitative estimate of drug-likeness (QED) is 0.396. The lowest BCUT2D eigenvalue weighted by Gasteiger charge is -2.41. The van der Waals surface area contributed by atoms with Crippen molar-refractivity contribution < 1.29 is 19.6 Å². The van der Waals surface area contributed by atoms with Gasteiger partial charge < -0.3 is 5.11 Å². The number of Topliss-reactive ketones (excluding diaryl/α,β-unsaturated/α-hetero) is 2. The number of allylic oxidation sites excluding steroid dienone is 1. The van der Waals surface area contributed by atoms with Crippen molar-refractivity contribution in [2.45, 2.75) is 24.7 Å². The van der Waals surface area contributed by atoms with Crippen LogP contribution in [0.3, 0.4) is 0 Å². The molecule has 0 unspecified atom stereocenters. The number of benzene rings is 1. The van der Waals surface area contributed by atoms with Gasteiger partial charge in [0.1, 0.15) is 5.41 Å². The van der Waals surface area contributed by atoms with Gasteiger partial charge in [0.25, 0.3) is 5.69 Å². The number of para-hydroxylation sites is 1. The summed E-state index contributed by atoms with van der Waals surface area (Å²) in [7, 11) is 0. The minimum atomic E-state index is -1.47. The third-order valence-corrected chi connectivity index (χ3v) is 4.73. The van der Waals surface area contributed by atoms with Gasteiger partial charge in [0, 0.05) is 18.4 Å². The molecule has 1 saturated carbocycles. The monoisotopic (exact) mass is 301 g/mol. The maximum Gasteiger partial charge on any atom is 0.274 e. The number of nitrogens with zero attached hydrogens (tertiary/aromatic N) is 1. The number of rotatable bonds is 3. The van der Waals surface area contributed by atoms with Crippen LogP contribution in [0.25, 0.3) is 0 Å². The van der Waals surface area contributed by atoms with E-state index in [1.54, 1.807) is 12.1 Å². The highest BCUT2D eigenvalue weighted by Gasteiger charge is 2.56. The maximum atomic E-state index is 12.9. The van der Waals surface area contributed by atoms with Crippen LogP contribution >= 0.6 is 0 Å². The van der Waals surface area contributed by atoms with E-state index in [4.69, 9.17) is 0 Å². The molecule has 6 nitrogen and oxygen atoms in total. The first-order valence-corrected chi connectivity index (χ1v) is 7.13. The zero-order valence-corrected chi connectivity index (χ0v) is 11.8. The molecule has 0 heterocycles. The number of fused-ring (bicyclic) bond motifs is 2. The zero-order valence-electron chi connectivity index (χ0n) is 11.8. The van der Waals surface area contributed by atoms with Crippen LogP contribution in [0.4, 0.5) is 5.69 Å². The van der Waals surface area contributed by atoms with Crippen LogP contribution in [0.1, 0.15) is 24.8 Å². The third-order valence-electron chi connectivity index (χ3n) is 4.73. The smallest absolute Gasteiger partial charge is 0.274 e. The fourth-order valence-corrected chi connectivity index (χ4v) is 3.61. The molecule has 2 atom stereocenters. The van der Waals surface area contributed by atoms with Gasteiger partial charge in [0.15, 0.2) is 11.6 Å². The Kier molecular flexibility index (Phi) is 3.41. The van der Waals surface area contributed by atoms with E-state index in [0.29, 0.717) is 12.0 Å². The molecular formula is C16H15NO5. The molecule has 0 radical (unpaired) electrons. The van der Waals surface area contributed by atoms with Gasteiger partial charge in [-0.05, 0) is 18.4 Å². The lowest BCUT2D eigenvalue weighted by atomic mass is 9.57. The number of nitro benzene ring substituents is 1. The van der Waals surface area contributed by atoms with Crippen LogP contribution in [-0.4, -0.2) is 28.2 Å². The van der Waals surface area contributed by atoms with Crippen molar-refractivity contribution in [3.05, 3.63) is 51.6 Å². The van der Waals surface area contributed by atoms with E-state index in [9.17, 15) is 24.8 Å². The minimum Gasteiger partial charge on any atom is -0.392 e. The number of aliphatic hydroxyl groups excluding tert-OH is 1. The molecule has 1 aromatic carbocycles. The minimum absolute atomic E-state index is 0.0852. The van der Waals surface area contributed by atoms with Gasteiger partial charge in [-0.3, -0.25) is 19.7 Å². The summed E-state index contributed by atoms with van der Waals surface area (Å²) in [5.41, 5.74) is -0.879. The summed E-state index contributed by atoms with van der Waals surface area (Å²) < 4.78 is 0. The van der Waals surface area contributed by atoms with Gasteiger partial charge in [-0.25, -0.2) is 0 Å². The SMILES string of the molecule is O=C1CC[C@H]2C(=O)[C@]1(c1ccccc1[N+](=O)[O-])CC=C2CO. The summed E-state index contributed by atoms with van der Waals surface area (Å²) in [6.45, 7) is -0.225. The number of ketones is 2. The van der Waals surface area contributed by atoms with Crippen LogP contribution < -0.4 is 0 Å². The van der Waals surface area contributed by atoms with Gasteiger partial charge in [-0.15, -0.1) is 0 Å². The van der Waals surface area contributed by atoms with Gasteiger partial charge >= 0.3 is 0 Å². The second-order valence-corrected chi connectivity index (χ2v) is 5.70. The molecule has 1 N–H and O–H groups in total. The summed E-state index contributed by atoms with van der Waals surface area (Å²) in [6, 6.07) is 5.94.